The van der Waals surface area contributed by atoms with Gasteiger partial charge < -0.3 is 5.73 Å². The molecule has 1 rings (SSSR count). The van der Waals surface area contributed by atoms with Gasteiger partial charge in [0.2, 0.25) is 0 Å². The average molecular weight is 193 g/mol. The molecule has 0 aromatic heterocycles. The third-order valence-electron chi connectivity index (χ3n) is 2.53. The van der Waals surface area contributed by atoms with Gasteiger partial charge in [-0.1, -0.05) is 43.7 Å². The van der Waals surface area contributed by atoms with E-state index in [-0.39, 0.29) is 0 Å². The van der Waals surface area contributed by atoms with Crippen LogP contribution < -0.4 is 5.73 Å². The Hall–Kier alpha value is -0.820. The van der Waals surface area contributed by atoms with E-state index in [2.05, 4.69) is 50.8 Å². The smallest absolute Gasteiger partial charge is 0.0167 e. The molecule has 0 spiro atoms. The largest absolute Gasteiger partial charge is 0.333 e. The molecule has 1 heteroatoms. The number of hydrogen-bond acceptors (Lipinski definition) is 1. The van der Waals surface area contributed by atoms with Crippen molar-refractivity contribution < 1.29 is 0 Å². The average Bonchev–Trinajstić information content (AvgIpc) is 2.25. The van der Waals surface area contributed by atoms with Crippen molar-refractivity contribution in [1.82, 2.24) is 0 Å². The number of hydrogen-bond donors (Lipinski definition) is 1. The Kier molecular flexibility index (Phi) is 7.13. The fraction of sp³-hybridized carbons (Fsp3) is 0.538. The van der Waals surface area contributed by atoms with Crippen LogP contribution in [0, 0.1) is 6.92 Å². The van der Waals surface area contributed by atoms with Gasteiger partial charge in [0, 0.05) is 0 Å². The lowest BCUT2D eigenvalue weighted by atomic mass is 9.93. The molecule has 0 bridgehead atoms. The Balaban J connectivity index is 0.000000791. The van der Waals surface area contributed by atoms with Crippen molar-refractivity contribution in [2.75, 3.05) is 7.05 Å². The van der Waals surface area contributed by atoms with E-state index >= 15 is 0 Å². The van der Waals surface area contributed by atoms with Gasteiger partial charge >= 0.3 is 0 Å². The van der Waals surface area contributed by atoms with Gasteiger partial charge in [0.1, 0.15) is 0 Å². The highest BCUT2D eigenvalue weighted by Crippen LogP contribution is 2.22. The third-order valence-corrected chi connectivity index (χ3v) is 2.53. The molecule has 0 aliphatic heterocycles. The second-order valence-electron chi connectivity index (χ2n) is 3.42. The Bertz CT molecular complexity index is 221. The van der Waals surface area contributed by atoms with Crippen molar-refractivity contribution in [3.8, 4) is 0 Å². The lowest BCUT2D eigenvalue weighted by molar-refractivity contribution is 0.642. The fourth-order valence-electron chi connectivity index (χ4n) is 1.60. The number of aryl methyl sites for hydroxylation is 1. The maximum absolute atomic E-state index is 4.50. The molecular formula is C13H23N. The molecule has 0 radical (unpaired) electrons. The van der Waals surface area contributed by atoms with Crippen molar-refractivity contribution in [3.63, 3.8) is 0 Å². The summed E-state index contributed by atoms with van der Waals surface area (Å²) in [6.07, 6.45) is 2.50. The zero-order valence-electron chi connectivity index (χ0n) is 9.88. The van der Waals surface area contributed by atoms with Crippen LogP contribution in [0.25, 0.3) is 0 Å². The van der Waals surface area contributed by atoms with E-state index in [1.165, 1.54) is 31.0 Å². The van der Waals surface area contributed by atoms with Crippen LogP contribution in [0.15, 0.2) is 24.3 Å². The molecule has 0 aliphatic carbocycles. The molecule has 0 fully saturated rings. The Morgan fingerprint density at radius 3 is 1.79 bits per heavy atom. The predicted octanol–water partition coefficient (Wildman–Crippen LogP) is 3.47. The monoisotopic (exact) mass is 193 g/mol. The summed E-state index contributed by atoms with van der Waals surface area (Å²) in [5.74, 6) is 0.755. The van der Waals surface area contributed by atoms with E-state index in [9.17, 15) is 0 Å². The Morgan fingerprint density at radius 1 is 1.00 bits per heavy atom. The summed E-state index contributed by atoms with van der Waals surface area (Å²) in [6, 6.07) is 8.92. The van der Waals surface area contributed by atoms with Crippen LogP contribution in [0.5, 0.6) is 0 Å². The van der Waals surface area contributed by atoms with Gasteiger partial charge in [-0.25, -0.2) is 0 Å². The van der Waals surface area contributed by atoms with Crippen molar-refractivity contribution in [2.24, 2.45) is 5.73 Å². The van der Waals surface area contributed by atoms with Gasteiger partial charge in [-0.15, -0.1) is 0 Å². The SMILES string of the molecule is CCC(CC)c1ccc(C)cc1.CN. The van der Waals surface area contributed by atoms with E-state index in [0.717, 1.165) is 5.92 Å². The van der Waals surface area contributed by atoms with Gasteiger partial charge in [-0.3, -0.25) is 0 Å². The molecule has 1 aromatic carbocycles. The molecule has 2 N–H and O–H groups in total. The Morgan fingerprint density at radius 2 is 1.43 bits per heavy atom. The minimum atomic E-state index is 0.755. The summed E-state index contributed by atoms with van der Waals surface area (Å²) in [6.45, 7) is 6.65. The van der Waals surface area contributed by atoms with Crippen LogP contribution in [0.3, 0.4) is 0 Å². The fourth-order valence-corrected chi connectivity index (χ4v) is 1.60. The van der Waals surface area contributed by atoms with Gasteiger partial charge in [0.25, 0.3) is 0 Å². The van der Waals surface area contributed by atoms with Crippen molar-refractivity contribution in [3.05, 3.63) is 35.4 Å². The summed E-state index contributed by atoms with van der Waals surface area (Å²) in [5, 5.41) is 0. The van der Waals surface area contributed by atoms with Crippen LogP contribution in [-0.2, 0) is 0 Å². The molecule has 0 atom stereocenters. The standard InChI is InChI=1S/C12H18.CH5N/c1-4-11(5-2)12-8-6-10(3)7-9-12;1-2/h6-9,11H,4-5H2,1-3H3;2H2,1H3. The predicted molar refractivity (Wildman–Crippen MR) is 64.6 cm³/mol. The van der Waals surface area contributed by atoms with E-state index in [1.54, 1.807) is 0 Å². The highest BCUT2D eigenvalue weighted by Gasteiger charge is 2.04. The second kappa shape index (κ2) is 7.57. The van der Waals surface area contributed by atoms with Crippen molar-refractivity contribution >= 4 is 0 Å². The van der Waals surface area contributed by atoms with Crippen molar-refractivity contribution in [1.29, 1.82) is 0 Å². The molecule has 0 saturated heterocycles. The lowest BCUT2D eigenvalue weighted by Gasteiger charge is -2.12. The highest BCUT2D eigenvalue weighted by atomic mass is 14.4. The summed E-state index contributed by atoms with van der Waals surface area (Å²) in [4.78, 5) is 0. The van der Waals surface area contributed by atoms with E-state index in [4.69, 9.17) is 0 Å². The third kappa shape index (κ3) is 3.93. The number of benzene rings is 1. The molecule has 0 unspecified atom stereocenters. The summed E-state index contributed by atoms with van der Waals surface area (Å²) < 4.78 is 0. The molecule has 1 aromatic rings. The molecule has 0 saturated carbocycles. The quantitative estimate of drug-likeness (QED) is 0.781. The zero-order chi connectivity index (χ0) is 11.0. The van der Waals surface area contributed by atoms with Gasteiger partial charge in [0.05, 0.1) is 0 Å². The number of rotatable bonds is 3. The topological polar surface area (TPSA) is 26.0 Å². The van der Waals surface area contributed by atoms with Crippen molar-refractivity contribution in [2.45, 2.75) is 39.5 Å². The molecule has 1 nitrogen and oxygen atoms in total. The molecule has 0 amide bonds. The summed E-state index contributed by atoms with van der Waals surface area (Å²) in [7, 11) is 1.50. The first-order chi connectivity index (χ1) is 6.77. The first-order valence-electron chi connectivity index (χ1n) is 5.42. The number of nitrogens with two attached hydrogens (primary N) is 1. The lowest BCUT2D eigenvalue weighted by Crippen LogP contribution is -1.94. The molecule has 14 heavy (non-hydrogen) atoms. The zero-order valence-corrected chi connectivity index (χ0v) is 9.88. The summed E-state index contributed by atoms with van der Waals surface area (Å²) in [5.41, 5.74) is 7.34. The Labute approximate surface area is 88.3 Å². The van der Waals surface area contributed by atoms with Crippen LogP contribution >= 0.6 is 0 Å². The van der Waals surface area contributed by atoms with Crippen LogP contribution in [0.4, 0.5) is 0 Å². The minimum Gasteiger partial charge on any atom is -0.333 e. The normalized spacial score (nSPS) is 9.57. The molecule has 0 heterocycles. The maximum atomic E-state index is 4.50. The minimum absolute atomic E-state index is 0.755. The van der Waals surface area contributed by atoms with Crippen LogP contribution in [-0.4, -0.2) is 7.05 Å². The van der Waals surface area contributed by atoms with Gasteiger partial charge in [-0.2, -0.15) is 0 Å². The van der Waals surface area contributed by atoms with Crippen LogP contribution in [0.1, 0.15) is 43.7 Å². The van der Waals surface area contributed by atoms with Gasteiger partial charge in [0.15, 0.2) is 0 Å². The van der Waals surface area contributed by atoms with Gasteiger partial charge in [-0.05, 0) is 38.3 Å². The molecular weight excluding hydrogens is 170 g/mol. The van der Waals surface area contributed by atoms with E-state index in [1.807, 2.05) is 0 Å². The molecule has 0 aliphatic rings. The first kappa shape index (κ1) is 13.2. The second-order valence-corrected chi connectivity index (χ2v) is 3.42. The molecule has 80 valence electrons. The van der Waals surface area contributed by atoms with E-state index < -0.39 is 0 Å². The maximum Gasteiger partial charge on any atom is -0.0167 e. The van der Waals surface area contributed by atoms with Crippen LogP contribution in [0.2, 0.25) is 0 Å². The first-order valence-corrected chi connectivity index (χ1v) is 5.42. The van der Waals surface area contributed by atoms with E-state index in [0.29, 0.717) is 0 Å². The summed E-state index contributed by atoms with van der Waals surface area (Å²) >= 11 is 0. The highest BCUT2D eigenvalue weighted by molar-refractivity contribution is 5.24.